The molecule has 0 aliphatic carbocycles. The van der Waals surface area contributed by atoms with Gasteiger partial charge in [0.2, 0.25) is 5.89 Å². The lowest BCUT2D eigenvalue weighted by Gasteiger charge is -2.33. The summed E-state index contributed by atoms with van der Waals surface area (Å²) in [5, 5.41) is 15.4. The van der Waals surface area contributed by atoms with Crippen molar-refractivity contribution in [1.29, 1.82) is 0 Å². The quantitative estimate of drug-likeness (QED) is 0.390. The van der Waals surface area contributed by atoms with Crippen LogP contribution in [0.5, 0.6) is 0 Å². The third-order valence-electron chi connectivity index (χ3n) is 4.95. The first-order valence-electron chi connectivity index (χ1n) is 9.16. The molecule has 8 nitrogen and oxygen atoms in total. The number of non-ortho nitro benzene ring substituents is 1. The van der Waals surface area contributed by atoms with Gasteiger partial charge in [-0.25, -0.2) is 4.39 Å². The third kappa shape index (κ3) is 4.33. The summed E-state index contributed by atoms with van der Waals surface area (Å²) < 4.78 is 20.3. The van der Waals surface area contributed by atoms with Gasteiger partial charge in [0.1, 0.15) is 5.82 Å². The van der Waals surface area contributed by atoms with E-state index in [0.29, 0.717) is 12.2 Å². The van der Waals surface area contributed by atoms with Gasteiger partial charge in [0.25, 0.3) is 10.5 Å². The first-order valence-corrected chi connectivity index (χ1v) is 9.57. The second kappa shape index (κ2) is 8.10. The topological polar surface area (TPSA) is 81.8 Å². The van der Waals surface area contributed by atoms with E-state index >= 15 is 0 Å². The molecule has 10 heteroatoms. The van der Waals surface area contributed by atoms with E-state index < -0.39 is 4.92 Å². The number of nitrogens with one attached hydrogen (secondary N) is 1. The minimum atomic E-state index is -0.458. The molecule has 1 saturated heterocycles. The lowest BCUT2D eigenvalue weighted by atomic mass is 10.2. The Labute approximate surface area is 170 Å². The number of nitro groups is 1. The summed E-state index contributed by atoms with van der Waals surface area (Å²) >= 11 is 5.28. The van der Waals surface area contributed by atoms with Gasteiger partial charge in [-0.2, -0.15) is 4.68 Å². The number of rotatable bonds is 5. The maximum Gasteiger partial charge on any atom is 0.292 e. The Bertz CT molecular complexity index is 1070. The van der Waals surface area contributed by atoms with Crippen LogP contribution >= 0.6 is 12.2 Å². The van der Waals surface area contributed by atoms with Crippen LogP contribution in [0.4, 0.5) is 15.8 Å². The molecular weight excluding hydrogens is 397 g/mol. The van der Waals surface area contributed by atoms with Crippen LogP contribution in [-0.2, 0) is 6.67 Å². The molecule has 0 atom stereocenters. The summed E-state index contributed by atoms with van der Waals surface area (Å²) in [7, 11) is 0. The van der Waals surface area contributed by atoms with Gasteiger partial charge in [0, 0.05) is 23.4 Å². The van der Waals surface area contributed by atoms with Crippen molar-refractivity contribution in [2.75, 3.05) is 31.1 Å². The summed E-state index contributed by atoms with van der Waals surface area (Å²) in [6.07, 6.45) is 0. The molecule has 4 rings (SSSR count). The van der Waals surface area contributed by atoms with Gasteiger partial charge in [-0.3, -0.25) is 10.1 Å². The number of piperazine rings is 1. The summed E-state index contributed by atoms with van der Waals surface area (Å²) in [6.45, 7) is 3.97. The molecule has 29 heavy (non-hydrogen) atoms. The Morgan fingerprint density at radius 3 is 2.62 bits per heavy atom. The minimum Gasteiger partial charge on any atom is -0.409 e. The molecule has 1 aliphatic rings. The first-order chi connectivity index (χ1) is 14.0. The SMILES string of the molecule is O=[N+]([O-])c1cccc(-c2nn(C[NH+]3CCN(c4ccc(F)cc4)CC3)c(=S)o2)c1. The summed E-state index contributed by atoms with van der Waals surface area (Å²) in [5.41, 5.74) is 1.50. The molecule has 0 bridgehead atoms. The van der Waals surface area contributed by atoms with Crippen LogP contribution in [0, 0.1) is 20.8 Å². The van der Waals surface area contributed by atoms with Crippen LogP contribution in [0.15, 0.2) is 52.9 Å². The molecule has 150 valence electrons. The zero-order chi connectivity index (χ0) is 20.4. The molecule has 3 aromatic rings. The highest BCUT2D eigenvalue weighted by Crippen LogP contribution is 2.22. The highest BCUT2D eigenvalue weighted by molar-refractivity contribution is 7.71. The van der Waals surface area contributed by atoms with Gasteiger partial charge in [-0.1, -0.05) is 6.07 Å². The lowest BCUT2D eigenvalue weighted by molar-refractivity contribution is -0.924. The fraction of sp³-hybridized carbons (Fsp3) is 0.263. The van der Waals surface area contributed by atoms with E-state index in [-0.39, 0.29) is 22.2 Å². The van der Waals surface area contributed by atoms with Crippen molar-refractivity contribution in [2.45, 2.75) is 6.67 Å². The summed E-state index contributed by atoms with van der Waals surface area (Å²) in [6, 6.07) is 12.6. The number of nitrogens with zero attached hydrogens (tertiary/aromatic N) is 4. The van der Waals surface area contributed by atoms with Gasteiger partial charge >= 0.3 is 0 Å². The van der Waals surface area contributed by atoms with E-state index in [0.717, 1.165) is 31.9 Å². The van der Waals surface area contributed by atoms with Crippen molar-refractivity contribution in [1.82, 2.24) is 9.78 Å². The molecule has 2 heterocycles. The zero-order valence-corrected chi connectivity index (χ0v) is 16.3. The molecule has 1 aromatic heterocycles. The largest absolute Gasteiger partial charge is 0.409 e. The molecule has 2 aromatic carbocycles. The van der Waals surface area contributed by atoms with Crippen LogP contribution in [0.3, 0.4) is 0 Å². The van der Waals surface area contributed by atoms with Crippen molar-refractivity contribution in [3.63, 3.8) is 0 Å². The maximum absolute atomic E-state index is 13.1. The Balaban J connectivity index is 1.42. The van der Waals surface area contributed by atoms with Crippen molar-refractivity contribution in [2.24, 2.45) is 0 Å². The second-order valence-corrected chi connectivity index (χ2v) is 7.20. The van der Waals surface area contributed by atoms with Gasteiger partial charge in [-0.05, 0) is 42.5 Å². The van der Waals surface area contributed by atoms with Crippen LogP contribution in [0.1, 0.15) is 0 Å². The number of hydrogen-bond acceptors (Lipinski definition) is 6. The number of quaternary nitrogens is 1. The number of aromatic nitrogens is 2. The average molecular weight is 416 g/mol. The summed E-state index contributed by atoms with van der Waals surface area (Å²) in [4.78, 5) is 14.3. The van der Waals surface area contributed by atoms with Gasteiger partial charge in [-0.15, -0.1) is 5.10 Å². The Kier molecular flexibility index (Phi) is 5.36. The van der Waals surface area contributed by atoms with E-state index in [1.165, 1.54) is 29.2 Å². The smallest absolute Gasteiger partial charge is 0.292 e. The molecule has 1 aliphatic heterocycles. The molecule has 1 N–H and O–H groups in total. The molecule has 0 unspecified atom stereocenters. The third-order valence-corrected chi connectivity index (χ3v) is 5.24. The van der Waals surface area contributed by atoms with E-state index in [9.17, 15) is 14.5 Å². The van der Waals surface area contributed by atoms with Crippen LogP contribution < -0.4 is 9.80 Å². The van der Waals surface area contributed by atoms with E-state index in [1.54, 1.807) is 28.9 Å². The van der Waals surface area contributed by atoms with E-state index in [1.807, 2.05) is 0 Å². The van der Waals surface area contributed by atoms with Crippen LogP contribution in [0.25, 0.3) is 11.5 Å². The monoisotopic (exact) mass is 416 g/mol. The normalized spacial score (nSPS) is 14.9. The highest BCUT2D eigenvalue weighted by Gasteiger charge is 2.22. The van der Waals surface area contributed by atoms with E-state index in [2.05, 4.69) is 10.00 Å². The number of halogens is 1. The van der Waals surface area contributed by atoms with Gasteiger partial charge in [0.05, 0.1) is 31.1 Å². The number of hydrogen-bond donors (Lipinski definition) is 1. The van der Waals surface area contributed by atoms with Crippen molar-refractivity contribution < 1.29 is 18.6 Å². The molecule has 0 spiro atoms. The van der Waals surface area contributed by atoms with Crippen LogP contribution in [0.2, 0.25) is 0 Å². The second-order valence-electron chi connectivity index (χ2n) is 6.85. The average Bonchev–Trinajstić information content (AvgIpc) is 3.10. The molecule has 0 saturated carbocycles. The van der Waals surface area contributed by atoms with Gasteiger partial charge < -0.3 is 14.2 Å². The molecule has 0 radical (unpaired) electrons. The fourth-order valence-corrected chi connectivity index (χ4v) is 3.56. The van der Waals surface area contributed by atoms with Gasteiger partial charge in [0.15, 0.2) is 6.67 Å². The zero-order valence-electron chi connectivity index (χ0n) is 15.5. The molecule has 1 fully saturated rings. The number of nitro benzene ring substituents is 1. The van der Waals surface area contributed by atoms with Crippen molar-refractivity contribution in [3.05, 3.63) is 69.3 Å². The van der Waals surface area contributed by atoms with Crippen molar-refractivity contribution in [3.8, 4) is 11.5 Å². The maximum atomic E-state index is 13.1. The van der Waals surface area contributed by atoms with Crippen LogP contribution in [-0.4, -0.2) is 40.9 Å². The molecular formula is C19H19FN5O3S+. The Morgan fingerprint density at radius 1 is 1.21 bits per heavy atom. The minimum absolute atomic E-state index is 0.0271. The molecule has 0 amide bonds. The Morgan fingerprint density at radius 2 is 1.93 bits per heavy atom. The summed E-state index contributed by atoms with van der Waals surface area (Å²) in [5.74, 6) is 0.0287. The van der Waals surface area contributed by atoms with Crippen molar-refractivity contribution >= 4 is 23.6 Å². The Hall–Kier alpha value is -3.11. The number of benzene rings is 2. The predicted octanol–water partition coefficient (Wildman–Crippen LogP) is 2.28. The number of anilines is 1. The lowest BCUT2D eigenvalue weighted by Crippen LogP contribution is -3.14. The van der Waals surface area contributed by atoms with E-state index in [4.69, 9.17) is 16.6 Å². The standard InChI is InChI=1S/C19H18FN5O3S/c20-15-4-6-16(7-5-15)23-10-8-22(9-11-23)13-24-19(29)28-18(21-24)14-2-1-3-17(12-14)25(26)27/h1-7,12H,8-11,13H2/p+1. The highest BCUT2D eigenvalue weighted by atomic mass is 32.1. The predicted molar refractivity (Wildman–Crippen MR) is 107 cm³/mol. The fourth-order valence-electron chi connectivity index (χ4n) is 3.38. The first kappa shape index (κ1) is 19.2.